The van der Waals surface area contributed by atoms with Gasteiger partial charge in [-0.2, -0.15) is 4.98 Å². The highest BCUT2D eigenvalue weighted by molar-refractivity contribution is 5.70. The number of anilines is 1. The molecular formula is C24H27N5O. The van der Waals surface area contributed by atoms with Gasteiger partial charge in [0, 0.05) is 0 Å². The van der Waals surface area contributed by atoms with Crippen molar-refractivity contribution < 1.29 is 0 Å². The van der Waals surface area contributed by atoms with E-state index in [9.17, 15) is 4.79 Å². The van der Waals surface area contributed by atoms with Crippen LogP contribution in [0.4, 0.5) is 5.95 Å². The van der Waals surface area contributed by atoms with Crippen LogP contribution in [0.5, 0.6) is 0 Å². The van der Waals surface area contributed by atoms with Crippen LogP contribution in [0.2, 0.25) is 0 Å². The van der Waals surface area contributed by atoms with Gasteiger partial charge in [-0.1, -0.05) is 68.4 Å². The first-order chi connectivity index (χ1) is 14.5. The molecule has 2 unspecified atom stereocenters. The van der Waals surface area contributed by atoms with Crippen molar-refractivity contribution in [2.24, 2.45) is 0 Å². The Morgan fingerprint density at radius 3 is 2.50 bits per heavy atom. The lowest BCUT2D eigenvalue weighted by Gasteiger charge is -2.21. The molecule has 30 heavy (non-hydrogen) atoms. The molecule has 0 saturated carbocycles. The van der Waals surface area contributed by atoms with Gasteiger partial charge in [0.25, 0.3) is 5.56 Å². The van der Waals surface area contributed by atoms with Crippen LogP contribution in [0, 0.1) is 0 Å². The molecule has 0 aliphatic rings. The molecule has 2 atom stereocenters. The number of nitrogens with zero attached hydrogens (tertiary/aromatic N) is 3. The molecule has 0 bridgehead atoms. The van der Waals surface area contributed by atoms with Crippen molar-refractivity contribution in [1.82, 2.24) is 19.5 Å². The van der Waals surface area contributed by atoms with Gasteiger partial charge in [0.15, 0.2) is 11.2 Å². The van der Waals surface area contributed by atoms with Crippen molar-refractivity contribution in [1.29, 1.82) is 0 Å². The first-order valence-corrected chi connectivity index (χ1v) is 10.4. The van der Waals surface area contributed by atoms with Crippen molar-refractivity contribution in [2.45, 2.75) is 45.1 Å². The zero-order valence-electron chi connectivity index (χ0n) is 17.4. The molecule has 2 aromatic heterocycles. The number of aromatic amines is 1. The van der Waals surface area contributed by atoms with Crippen LogP contribution in [0.1, 0.15) is 55.2 Å². The second-order valence-corrected chi connectivity index (χ2v) is 7.89. The van der Waals surface area contributed by atoms with Gasteiger partial charge in [0.05, 0.1) is 12.9 Å². The van der Waals surface area contributed by atoms with Gasteiger partial charge in [-0.05, 0) is 41.4 Å². The van der Waals surface area contributed by atoms with Gasteiger partial charge >= 0.3 is 0 Å². The van der Waals surface area contributed by atoms with Crippen molar-refractivity contribution in [3.63, 3.8) is 0 Å². The lowest BCUT2D eigenvalue weighted by molar-refractivity contribution is 0.544. The maximum Gasteiger partial charge on any atom is 0.280 e. The summed E-state index contributed by atoms with van der Waals surface area (Å²) < 4.78 is 1.85. The molecule has 0 saturated heterocycles. The van der Waals surface area contributed by atoms with E-state index in [-0.39, 0.29) is 11.5 Å². The number of nitrogen functional groups attached to an aromatic ring is 1. The number of aromatic nitrogens is 4. The third-order valence-corrected chi connectivity index (χ3v) is 5.80. The van der Waals surface area contributed by atoms with E-state index < -0.39 is 0 Å². The molecule has 2 heterocycles. The number of imidazole rings is 1. The lowest BCUT2D eigenvalue weighted by Crippen LogP contribution is -2.12. The van der Waals surface area contributed by atoms with Crippen molar-refractivity contribution in [3.8, 4) is 0 Å². The minimum atomic E-state index is -0.315. The number of hydrogen-bond donors (Lipinski definition) is 2. The summed E-state index contributed by atoms with van der Waals surface area (Å²) in [6, 6.07) is 19.4. The predicted molar refractivity (Wildman–Crippen MR) is 121 cm³/mol. The summed E-state index contributed by atoms with van der Waals surface area (Å²) in [5, 5.41) is 0. The van der Waals surface area contributed by atoms with E-state index in [0.29, 0.717) is 29.5 Å². The molecule has 0 aliphatic carbocycles. The summed E-state index contributed by atoms with van der Waals surface area (Å²) >= 11 is 0. The van der Waals surface area contributed by atoms with Gasteiger partial charge in [-0.25, -0.2) is 4.98 Å². The number of H-pyrrole nitrogens is 1. The maximum absolute atomic E-state index is 11.9. The van der Waals surface area contributed by atoms with Crippen molar-refractivity contribution >= 4 is 17.1 Å². The Hall–Kier alpha value is -3.41. The Kier molecular flexibility index (Phi) is 5.65. The average Bonchev–Trinajstić information content (AvgIpc) is 3.15. The highest BCUT2D eigenvalue weighted by Gasteiger charge is 2.15. The minimum Gasteiger partial charge on any atom is -0.369 e. The van der Waals surface area contributed by atoms with Crippen LogP contribution in [0.3, 0.4) is 0 Å². The monoisotopic (exact) mass is 401 g/mol. The van der Waals surface area contributed by atoms with Crippen molar-refractivity contribution in [3.05, 3.63) is 88.0 Å². The summed E-state index contributed by atoms with van der Waals surface area (Å²) in [6.07, 6.45) is 3.89. The van der Waals surface area contributed by atoms with Crippen LogP contribution in [0.25, 0.3) is 11.2 Å². The molecule has 0 spiro atoms. The van der Waals surface area contributed by atoms with Gasteiger partial charge < -0.3 is 10.3 Å². The Balaban J connectivity index is 1.48. The molecule has 0 amide bonds. The Morgan fingerprint density at radius 1 is 1.07 bits per heavy atom. The first-order valence-electron chi connectivity index (χ1n) is 10.4. The van der Waals surface area contributed by atoms with E-state index in [1.807, 2.05) is 4.57 Å². The largest absolute Gasteiger partial charge is 0.369 e. The Morgan fingerprint density at radius 2 is 1.80 bits per heavy atom. The highest BCUT2D eigenvalue weighted by atomic mass is 16.1. The summed E-state index contributed by atoms with van der Waals surface area (Å²) in [4.78, 5) is 22.8. The molecule has 2 aromatic carbocycles. The number of benzene rings is 2. The average molecular weight is 402 g/mol. The van der Waals surface area contributed by atoms with E-state index in [1.165, 1.54) is 11.1 Å². The topological polar surface area (TPSA) is 89.6 Å². The van der Waals surface area contributed by atoms with E-state index in [1.54, 1.807) is 6.33 Å². The van der Waals surface area contributed by atoms with Crippen LogP contribution in [0.15, 0.2) is 65.7 Å². The second-order valence-electron chi connectivity index (χ2n) is 7.89. The van der Waals surface area contributed by atoms with Crippen molar-refractivity contribution in [2.75, 3.05) is 5.73 Å². The quantitative estimate of drug-likeness (QED) is 0.479. The van der Waals surface area contributed by atoms with Crippen LogP contribution < -0.4 is 11.3 Å². The molecule has 0 fully saturated rings. The zero-order valence-corrected chi connectivity index (χ0v) is 17.4. The summed E-state index contributed by atoms with van der Waals surface area (Å²) in [6.45, 7) is 5.14. The van der Waals surface area contributed by atoms with Crippen LogP contribution in [-0.4, -0.2) is 19.5 Å². The lowest BCUT2D eigenvalue weighted by atomic mass is 9.84. The molecule has 3 N–H and O–H groups in total. The van der Waals surface area contributed by atoms with Gasteiger partial charge in [-0.3, -0.25) is 9.78 Å². The molecule has 4 rings (SSSR count). The third-order valence-electron chi connectivity index (χ3n) is 5.80. The third kappa shape index (κ3) is 4.13. The van der Waals surface area contributed by atoms with Gasteiger partial charge in [0.1, 0.15) is 0 Å². The summed E-state index contributed by atoms with van der Waals surface area (Å²) in [5.41, 5.74) is 10.1. The molecule has 154 valence electrons. The minimum absolute atomic E-state index is 0.0994. The standard InChI is InChI=1S/C24H27N5O/c1-3-18(20-7-5-4-6-8-20)13-16(2)19-11-9-17(10-12-19)14-29-15-26-21-22(29)27-24(25)28-23(21)30/h4-12,15-16,18H,3,13-14H2,1-2H3,(H3,25,27,28,30). The summed E-state index contributed by atoms with van der Waals surface area (Å²) in [7, 11) is 0. The number of hydrogen-bond acceptors (Lipinski definition) is 4. The predicted octanol–water partition coefficient (Wildman–Crippen LogP) is 4.44. The van der Waals surface area contributed by atoms with E-state index in [2.05, 4.69) is 83.4 Å². The van der Waals surface area contributed by atoms with Crippen LogP contribution in [-0.2, 0) is 6.54 Å². The van der Waals surface area contributed by atoms with E-state index >= 15 is 0 Å². The number of nitrogens with one attached hydrogen (secondary N) is 1. The fourth-order valence-electron chi connectivity index (χ4n) is 4.06. The smallest absolute Gasteiger partial charge is 0.280 e. The van der Waals surface area contributed by atoms with Gasteiger partial charge in [-0.15, -0.1) is 0 Å². The SMILES string of the molecule is CCC(CC(C)c1ccc(Cn2cnc3c(=O)[nH]c(N)nc32)cc1)c1ccccc1. The molecule has 0 radical (unpaired) electrons. The zero-order chi connectivity index (χ0) is 21.1. The van der Waals surface area contributed by atoms with E-state index in [0.717, 1.165) is 18.4 Å². The molecule has 6 heteroatoms. The number of rotatable bonds is 7. The Bertz CT molecular complexity index is 1180. The fraction of sp³-hybridized carbons (Fsp3) is 0.292. The summed E-state index contributed by atoms with van der Waals surface area (Å²) in [5.74, 6) is 1.13. The Labute approximate surface area is 175 Å². The molecule has 0 aliphatic heterocycles. The van der Waals surface area contributed by atoms with Gasteiger partial charge in [0.2, 0.25) is 5.95 Å². The number of nitrogens with two attached hydrogens (primary N) is 1. The number of fused-ring (bicyclic) bond motifs is 1. The second kappa shape index (κ2) is 8.53. The molecular weight excluding hydrogens is 374 g/mol. The van der Waals surface area contributed by atoms with Crippen LogP contribution >= 0.6 is 0 Å². The van der Waals surface area contributed by atoms with E-state index in [4.69, 9.17) is 5.73 Å². The molecule has 4 aromatic rings. The molecule has 6 nitrogen and oxygen atoms in total. The fourth-order valence-corrected chi connectivity index (χ4v) is 4.06. The highest BCUT2D eigenvalue weighted by Crippen LogP contribution is 2.32. The first kappa shape index (κ1) is 19.9. The maximum atomic E-state index is 11.9. The normalized spacial score (nSPS) is 13.4.